The molecule has 4 heteroatoms. The molecule has 0 saturated carbocycles. The standard InChI is InChI=1S/C8H5BrF2O/c9-5-2-6(10)4(1-7(5)11)8-3-12-8/h1-2,8H,3H2. The van der Waals surface area contributed by atoms with E-state index in [1.165, 1.54) is 0 Å². The molecule has 1 saturated heterocycles. The minimum absolute atomic E-state index is 0.143. The number of ether oxygens (including phenoxy) is 1. The Bertz CT molecular complexity index is 323. The van der Waals surface area contributed by atoms with Crippen LogP contribution in [-0.2, 0) is 4.74 Å². The quantitative estimate of drug-likeness (QED) is 0.538. The third-order valence-corrected chi connectivity index (χ3v) is 2.33. The molecule has 0 aliphatic carbocycles. The highest BCUT2D eigenvalue weighted by molar-refractivity contribution is 9.10. The average molecular weight is 235 g/mol. The van der Waals surface area contributed by atoms with Gasteiger partial charge in [0.25, 0.3) is 0 Å². The molecule has 1 aromatic carbocycles. The fraction of sp³-hybridized carbons (Fsp3) is 0.250. The summed E-state index contributed by atoms with van der Waals surface area (Å²) in [6, 6.07) is 2.28. The van der Waals surface area contributed by atoms with Gasteiger partial charge in [-0.05, 0) is 28.1 Å². The number of benzene rings is 1. The second-order valence-electron chi connectivity index (χ2n) is 2.61. The van der Waals surface area contributed by atoms with Crippen molar-refractivity contribution in [3.05, 3.63) is 33.8 Å². The van der Waals surface area contributed by atoms with E-state index < -0.39 is 11.6 Å². The summed E-state index contributed by atoms with van der Waals surface area (Å²) in [5.74, 6) is -0.882. The molecule has 0 spiro atoms. The van der Waals surface area contributed by atoms with Crippen LogP contribution in [0.4, 0.5) is 8.78 Å². The predicted octanol–water partition coefficient (Wildman–Crippen LogP) is 2.80. The van der Waals surface area contributed by atoms with E-state index in [-0.39, 0.29) is 10.6 Å². The van der Waals surface area contributed by atoms with Crippen molar-refractivity contribution >= 4 is 15.9 Å². The maximum atomic E-state index is 13.0. The van der Waals surface area contributed by atoms with Crippen LogP contribution in [0.1, 0.15) is 11.7 Å². The van der Waals surface area contributed by atoms with E-state index in [0.29, 0.717) is 12.2 Å². The molecular weight excluding hydrogens is 230 g/mol. The van der Waals surface area contributed by atoms with Crippen LogP contribution in [0.5, 0.6) is 0 Å². The molecule has 0 N–H and O–H groups in total. The van der Waals surface area contributed by atoms with E-state index in [1.807, 2.05) is 0 Å². The molecule has 1 nitrogen and oxygen atoms in total. The largest absolute Gasteiger partial charge is 0.368 e. The zero-order valence-electron chi connectivity index (χ0n) is 5.98. The van der Waals surface area contributed by atoms with Gasteiger partial charge in [-0.1, -0.05) is 0 Å². The Balaban J connectivity index is 2.47. The topological polar surface area (TPSA) is 12.5 Å². The molecule has 1 unspecified atom stereocenters. The summed E-state index contributed by atoms with van der Waals surface area (Å²) in [4.78, 5) is 0. The molecule has 1 aliphatic heterocycles. The molecule has 1 aliphatic rings. The molecule has 0 bridgehead atoms. The molecule has 1 atom stereocenters. The van der Waals surface area contributed by atoms with Crippen molar-refractivity contribution < 1.29 is 13.5 Å². The molecule has 0 amide bonds. The van der Waals surface area contributed by atoms with Crippen LogP contribution in [0.3, 0.4) is 0 Å². The molecular formula is C8H5BrF2O. The SMILES string of the molecule is Fc1cc(C2CO2)c(F)cc1Br. The molecule has 64 valence electrons. The van der Waals surface area contributed by atoms with Crippen molar-refractivity contribution in [1.29, 1.82) is 0 Å². The van der Waals surface area contributed by atoms with Gasteiger partial charge in [-0.15, -0.1) is 0 Å². The Hall–Kier alpha value is -0.480. The van der Waals surface area contributed by atoms with E-state index in [2.05, 4.69) is 15.9 Å². The highest BCUT2D eigenvalue weighted by Gasteiger charge is 2.28. The van der Waals surface area contributed by atoms with Gasteiger partial charge in [-0.2, -0.15) is 0 Å². The third kappa shape index (κ3) is 1.36. The minimum atomic E-state index is -0.457. The molecule has 0 radical (unpaired) electrons. The first-order valence-electron chi connectivity index (χ1n) is 3.44. The molecule has 1 aromatic rings. The minimum Gasteiger partial charge on any atom is -0.368 e. The van der Waals surface area contributed by atoms with E-state index in [0.717, 1.165) is 12.1 Å². The van der Waals surface area contributed by atoms with Crippen molar-refractivity contribution in [3.63, 3.8) is 0 Å². The maximum Gasteiger partial charge on any atom is 0.137 e. The van der Waals surface area contributed by atoms with E-state index in [4.69, 9.17) is 4.74 Å². The monoisotopic (exact) mass is 234 g/mol. The normalized spacial score (nSPS) is 21.1. The second-order valence-corrected chi connectivity index (χ2v) is 3.46. The maximum absolute atomic E-state index is 13.0. The average Bonchev–Trinajstić information content (AvgIpc) is 2.79. The van der Waals surface area contributed by atoms with E-state index in [1.54, 1.807) is 0 Å². The van der Waals surface area contributed by atoms with Crippen molar-refractivity contribution in [2.75, 3.05) is 6.61 Å². The Morgan fingerprint density at radius 2 is 2.00 bits per heavy atom. The third-order valence-electron chi connectivity index (χ3n) is 1.72. The number of rotatable bonds is 1. The lowest BCUT2D eigenvalue weighted by Gasteiger charge is -2.00. The van der Waals surface area contributed by atoms with Gasteiger partial charge in [0.15, 0.2) is 0 Å². The molecule has 2 rings (SSSR count). The van der Waals surface area contributed by atoms with Crippen LogP contribution < -0.4 is 0 Å². The van der Waals surface area contributed by atoms with Crippen LogP contribution in [0.15, 0.2) is 16.6 Å². The van der Waals surface area contributed by atoms with Crippen LogP contribution in [0.25, 0.3) is 0 Å². The van der Waals surface area contributed by atoms with Crippen molar-refractivity contribution in [2.24, 2.45) is 0 Å². The van der Waals surface area contributed by atoms with Crippen LogP contribution in [0.2, 0.25) is 0 Å². The Kier molecular flexibility index (Phi) is 1.88. The van der Waals surface area contributed by atoms with Gasteiger partial charge in [-0.3, -0.25) is 0 Å². The first-order chi connectivity index (χ1) is 5.68. The van der Waals surface area contributed by atoms with Crippen molar-refractivity contribution in [1.82, 2.24) is 0 Å². The first kappa shape index (κ1) is 8.13. The lowest BCUT2D eigenvalue weighted by molar-refractivity contribution is 0.406. The Morgan fingerprint density at radius 1 is 1.33 bits per heavy atom. The molecule has 1 heterocycles. The first-order valence-corrected chi connectivity index (χ1v) is 4.24. The summed E-state index contributed by atoms with van der Waals surface area (Å²) in [5.41, 5.74) is 0.302. The van der Waals surface area contributed by atoms with Gasteiger partial charge >= 0.3 is 0 Å². The number of hydrogen-bond acceptors (Lipinski definition) is 1. The predicted molar refractivity (Wildman–Crippen MR) is 42.8 cm³/mol. The number of halogens is 3. The van der Waals surface area contributed by atoms with E-state index >= 15 is 0 Å². The summed E-state index contributed by atoms with van der Waals surface area (Å²) in [7, 11) is 0. The van der Waals surface area contributed by atoms with E-state index in [9.17, 15) is 8.78 Å². The zero-order chi connectivity index (χ0) is 8.72. The Morgan fingerprint density at radius 3 is 2.58 bits per heavy atom. The lowest BCUT2D eigenvalue weighted by Crippen LogP contribution is -1.90. The summed E-state index contributed by atoms with van der Waals surface area (Å²) < 4.78 is 30.9. The summed E-state index contributed by atoms with van der Waals surface area (Å²) in [6.07, 6.45) is -0.243. The molecule has 0 aromatic heterocycles. The van der Waals surface area contributed by atoms with Crippen molar-refractivity contribution in [2.45, 2.75) is 6.10 Å². The van der Waals surface area contributed by atoms with Gasteiger partial charge in [0.2, 0.25) is 0 Å². The van der Waals surface area contributed by atoms with Gasteiger partial charge in [0, 0.05) is 5.56 Å². The van der Waals surface area contributed by atoms with Crippen molar-refractivity contribution in [3.8, 4) is 0 Å². The zero-order valence-corrected chi connectivity index (χ0v) is 7.57. The number of epoxide rings is 1. The second kappa shape index (κ2) is 2.78. The summed E-state index contributed by atoms with van der Waals surface area (Å²) in [5, 5.41) is 0. The van der Waals surface area contributed by atoms with Crippen LogP contribution in [0, 0.1) is 11.6 Å². The van der Waals surface area contributed by atoms with Gasteiger partial charge in [0.05, 0.1) is 11.1 Å². The smallest absolute Gasteiger partial charge is 0.137 e. The molecule has 12 heavy (non-hydrogen) atoms. The summed E-state index contributed by atoms with van der Waals surface area (Å²) >= 11 is 2.89. The van der Waals surface area contributed by atoms with Gasteiger partial charge in [0.1, 0.15) is 17.7 Å². The highest BCUT2D eigenvalue weighted by Crippen LogP contribution is 2.33. The van der Waals surface area contributed by atoms with Gasteiger partial charge in [-0.25, -0.2) is 8.78 Å². The lowest BCUT2D eigenvalue weighted by atomic mass is 10.1. The summed E-state index contributed by atoms with van der Waals surface area (Å²) in [6.45, 7) is 0.484. The Labute approximate surface area is 76.5 Å². The van der Waals surface area contributed by atoms with Crippen LogP contribution >= 0.6 is 15.9 Å². The fourth-order valence-corrected chi connectivity index (χ4v) is 1.33. The van der Waals surface area contributed by atoms with Crippen LogP contribution in [-0.4, -0.2) is 6.61 Å². The van der Waals surface area contributed by atoms with Gasteiger partial charge < -0.3 is 4.74 Å². The molecule has 1 fully saturated rings. The fourth-order valence-electron chi connectivity index (χ4n) is 1.01. The number of hydrogen-bond donors (Lipinski definition) is 0. The highest BCUT2D eigenvalue weighted by atomic mass is 79.9.